The molecule has 0 aliphatic carbocycles. The monoisotopic (exact) mass is 461 g/mol. The number of carbonyl (C=O) groups is 1. The van der Waals surface area contributed by atoms with Gasteiger partial charge >= 0.3 is 0 Å². The number of hydrogen-bond donors (Lipinski definition) is 1. The van der Waals surface area contributed by atoms with Gasteiger partial charge in [-0.2, -0.15) is 0 Å². The number of rotatable bonds is 5. The third-order valence-corrected chi connectivity index (χ3v) is 6.84. The fraction of sp³-hybridized carbons (Fsp3) is 0.192. The highest BCUT2D eigenvalue weighted by Crippen LogP contribution is 2.32. The molecule has 1 amide bonds. The maximum atomic E-state index is 10.4. The van der Waals surface area contributed by atoms with Crippen LogP contribution in [0.25, 0.3) is 0 Å². The Labute approximate surface area is 198 Å². The lowest BCUT2D eigenvalue weighted by molar-refractivity contribution is 0.100. The van der Waals surface area contributed by atoms with Crippen LogP contribution in [-0.4, -0.2) is 21.7 Å². The van der Waals surface area contributed by atoms with Gasteiger partial charge in [-0.3, -0.25) is 4.79 Å². The van der Waals surface area contributed by atoms with E-state index in [1.54, 1.807) is 47.8 Å². The van der Waals surface area contributed by atoms with E-state index in [9.17, 15) is 4.79 Å². The van der Waals surface area contributed by atoms with Gasteiger partial charge in [-0.1, -0.05) is 90.6 Å². The average Bonchev–Trinajstić information content (AvgIpc) is 3.12. The Bertz CT molecular complexity index is 1070. The molecule has 6 heteroatoms. The smallest absolute Gasteiger partial charge is 0.248 e. The van der Waals surface area contributed by atoms with Crippen LogP contribution in [0.1, 0.15) is 35.3 Å². The molecule has 1 aliphatic heterocycles. The van der Waals surface area contributed by atoms with Crippen molar-refractivity contribution >= 4 is 39.6 Å². The summed E-state index contributed by atoms with van der Waals surface area (Å²) in [6.07, 6.45) is 0. The number of primary amides is 1. The molecule has 0 atom stereocenters. The molecule has 0 saturated carbocycles. The van der Waals surface area contributed by atoms with Crippen LogP contribution in [0.5, 0.6) is 0 Å². The minimum Gasteiger partial charge on any atom is -0.366 e. The number of amidine groups is 1. The molecule has 164 valence electrons. The first kappa shape index (κ1) is 23.8. The molecule has 1 heterocycles. The highest BCUT2D eigenvalue weighted by atomic mass is 32.2. The van der Waals surface area contributed by atoms with Crippen LogP contribution in [0.2, 0.25) is 0 Å². The molecule has 0 spiro atoms. The Morgan fingerprint density at radius 2 is 1.25 bits per heavy atom. The average molecular weight is 462 g/mol. The molecule has 4 nitrogen and oxygen atoms in total. The standard InChI is InChI=1S/C19H20N2S2.C7H7NO/c1-19(2)17(22-13-15-9-5-3-6-10-15)20-18(21-19)23-14-16-11-7-4-8-12-16;8-7(9)6-4-2-1-3-5-6/h3-12H,13-14H2,1-2H3;1-5H,(H2,8,9). The van der Waals surface area contributed by atoms with Crippen molar-refractivity contribution < 1.29 is 4.79 Å². The van der Waals surface area contributed by atoms with Crippen LogP contribution in [0.3, 0.4) is 0 Å². The van der Waals surface area contributed by atoms with Crippen molar-refractivity contribution in [3.63, 3.8) is 0 Å². The lowest BCUT2D eigenvalue weighted by Crippen LogP contribution is -2.23. The topological polar surface area (TPSA) is 67.8 Å². The molecule has 4 rings (SSSR count). The number of amides is 1. The Kier molecular flexibility index (Phi) is 8.71. The summed E-state index contributed by atoms with van der Waals surface area (Å²) in [7, 11) is 0. The molecule has 0 aromatic heterocycles. The van der Waals surface area contributed by atoms with Gasteiger partial charge in [-0.15, -0.1) is 11.8 Å². The van der Waals surface area contributed by atoms with Gasteiger partial charge in [-0.05, 0) is 37.1 Å². The number of nitrogens with two attached hydrogens (primary N) is 1. The molecule has 0 bridgehead atoms. The molecule has 0 unspecified atom stereocenters. The van der Waals surface area contributed by atoms with E-state index in [-0.39, 0.29) is 11.4 Å². The second-order valence-electron chi connectivity index (χ2n) is 7.65. The van der Waals surface area contributed by atoms with Crippen molar-refractivity contribution in [2.24, 2.45) is 15.7 Å². The number of carbonyl (C=O) groups excluding carboxylic acids is 1. The van der Waals surface area contributed by atoms with Gasteiger partial charge in [0.1, 0.15) is 10.6 Å². The van der Waals surface area contributed by atoms with Crippen LogP contribution in [0, 0.1) is 0 Å². The van der Waals surface area contributed by atoms with E-state index in [1.807, 2.05) is 18.2 Å². The molecule has 0 fully saturated rings. The molecule has 1 aliphatic rings. The Hall–Kier alpha value is -2.83. The molecular formula is C26H27N3OS2. The Morgan fingerprint density at radius 1 is 0.781 bits per heavy atom. The molecule has 0 radical (unpaired) electrons. The van der Waals surface area contributed by atoms with Crippen LogP contribution in [0.4, 0.5) is 0 Å². The van der Waals surface area contributed by atoms with Crippen molar-refractivity contribution in [2.45, 2.75) is 30.9 Å². The normalized spacial score (nSPS) is 14.1. The number of hydrogen-bond acceptors (Lipinski definition) is 5. The fourth-order valence-electron chi connectivity index (χ4n) is 2.86. The van der Waals surface area contributed by atoms with Gasteiger partial charge in [0.15, 0.2) is 5.17 Å². The summed E-state index contributed by atoms with van der Waals surface area (Å²) >= 11 is 3.51. The zero-order valence-corrected chi connectivity index (χ0v) is 19.9. The molecule has 3 aromatic carbocycles. The molecule has 3 aromatic rings. The van der Waals surface area contributed by atoms with Gasteiger partial charge in [0.25, 0.3) is 0 Å². The van der Waals surface area contributed by atoms with Crippen molar-refractivity contribution in [3.05, 3.63) is 108 Å². The number of aliphatic imine (C=N–C) groups is 2. The number of thioether (sulfide) groups is 2. The van der Waals surface area contributed by atoms with Crippen LogP contribution < -0.4 is 5.73 Å². The van der Waals surface area contributed by atoms with E-state index >= 15 is 0 Å². The maximum Gasteiger partial charge on any atom is 0.248 e. The summed E-state index contributed by atoms with van der Waals surface area (Å²) in [5, 5.41) is 2.01. The Morgan fingerprint density at radius 3 is 1.72 bits per heavy atom. The van der Waals surface area contributed by atoms with Gasteiger partial charge in [-0.25, -0.2) is 9.98 Å². The van der Waals surface area contributed by atoms with Crippen LogP contribution >= 0.6 is 23.5 Å². The summed E-state index contributed by atoms with van der Waals surface area (Å²) in [4.78, 5) is 20.0. The lowest BCUT2D eigenvalue weighted by Gasteiger charge is -2.16. The summed E-state index contributed by atoms with van der Waals surface area (Å²) in [6, 6.07) is 29.7. The number of benzene rings is 3. The quantitative estimate of drug-likeness (QED) is 0.493. The van der Waals surface area contributed by atoms with E-state index in [0.717, 1.165) is 21.7 Å². The first-order valence-electron chi connectivity index (χ1n) is 10.3. The summed E-state index contributed by atoms with van der Waals surface area (Å²) < 4.78 is 0. The molecule has 32 heavy (non-hydrogen) atoms. The number of nitrogens with zero attached hydrogens (tertiary/aromatic N) is 2. The summed E-state index contributed by atoms with van der Waals surface area (Å²) in [6.45, 7) is 4.28. The highest BCUT2D eigenvalue weighted by Gasteiger charge is 2.31. The van der Waals surface area contributed by atoms with E-state index in [1.165, 1.54) is 11.1 Å². The van der Waals surface area contributed by atoms with Crippen LogP contribution in [0.15, 0.2) is 101 Å². The van der Waals surface area contributed by atoms with Gasteiger partial charge < -0.3 is 5.73 Å². The SMILES string of the molecule is CC1(C)N=C(SCc2ccccc2)N=C1SCc1ccccc1.NC(=O)c1ccccc1. The maximum absolute atomic E-state index is 10.4. The largest absolute Gasteiger partial charge is 0.366 e. The molecular weight excluding hydrogens is 434 g/mol. The predicted octanol–water partition coefficient (Wildman–Crippen LogP) is 6.19. The summed E-state index contributed by atoms with van der Waals surface area (Å²) in [5.74, 6) is 1.47. The minimum absolute atomic E-state index is 0.210. The minimum atomic E-state index is -0.379. The Balaban J connectivity index is 0.000000269. The molecule has 0 saturated heterocycles. The van der Waals surface area contributed by atoms with Gasteiger partial charge in [0.2, 0.25) is 5.91 Å². The van der Waals surface area contributed by atoms with Crippen molar-refractivity contribution in [2.75, 3.05) is 0 Å². The van der Waals surface area contributed by atoms with Crippen molar-refractivity contribution in [1.29, 1.82) is 0 Å². The first-order valence-corrected chi connectivity index (χ1v) is 12.3. The van der Waals surface area contributed by atoms with Crippen LogP contribution in [-0.2, 0) is 11.5 Å². The second kappa shape index (κ2) is 11.7. The molecule has 2 N–H and O–H groups in total. The van der Waals surface area contributed by atoms with E-state index in [4.69, 9.17) is 15.7 Å². The third kappa shape index (κ3) is 7.39. The highest BCUT2D eigenvalue weighted by molar-refractivity contribution is 8.15. The van der Waals surface area contributed by atoms with E-state index in [2.05, 4.69) is 62.4 Å². The summed E-state index contributed by atoms with van der Waals surface area (Å²) in [5.41, 5.74) is 7.94. The van der Waals surface area contributed by atoms with E-state index < -0.39 is 0 Å². The predicted molar refractivity (Wildman–Crippen MR) is 139 cm³/mol. The van der Waals surface area contributed by atoms with Gasteiger partial charge in [0.05, 0.1) is 0 Å². The first-order chi connectivity index (χ1) is 15.4. The van der Waals surface area contributed by atoms with Crippen molar-refractivity contribution in [1.82, 2.24) is 0 Å². The van der Waals surface area contributed by atoms with Crippen molar-refractivity contribution in [3.8, 4) is 0 Å². The fourth-order valence-corrected chi connectivity index (χ4v) is 4.90. The zero-order chi connectivity index (χ0) is 22.8. The lowest BCUT2D eigenvalue weighted by atomic mass is 10.1. The second-order valence-corrected chi connectivity index (χ2v) is 9.56. The van der Waals surface area contributed by atoms with E-state index in [0.29, 0.717) is 5.56 Å². The third-order valence-electron chi connectivity index (χ3n) is 4.58. The zero-order valence-electron chi connectivity index (χ0n) is 18.3. The van der Waals surface area contributed by atoms with Gasteiger partial charge in [0, 0.05) is 17.1 Å².